The van der Waals surface area contributed by atoms with Gasteiger partial charge in [-0.1, -0.05) is 23.2 Å². The van der Waals surface area contributed by atoms with Crippen molar-refractivity contribution in [3.05, 3.63) is 22.2 Å². The third-order valence-corrected chi connectivity index (χ3v) is 2.45. The topological polar surface area (TPSA) is 54.4 Å². The highest BCUT2D eigenvalue weighted by molar-refractivity contribution is 7.72. The van der Waals surface area contributed by atoms with Crippen molar-refractivity contribution in [3.63, 3.8) is 0 Å². The quantitative estimate of drug-likeness (QED) is 0.717. The van der Waals surface area contributed by atoms with E-state index >= 15 is 0 Å². The van der Waals surface area contributed by atoms with Crippen molar-refractivity contribution in [1.82, 2.24) is 0 Å². The molecule has 0 amide bonds. The molecule has 3 nitrogen and oxygen atoms in total. The molecule has 1 aromatic rings. The molecule has 0 aliphatic heterocycles. The van der Waals surface area contributed by atoms with Gasteiger partial charge in [0.1, 0.15) is 4.90 Å². The van der Waals surface area contributed by atoms with E-state index < -0.39 is 16.5 Å². The lowest BCUT2D eigenvalue weighted by Gasteiger charge is -1.99. The fraction of sp³-hybridized carbons (Fsp3) is 0. The van der Waals surface area contributed by atoms with Crippen molar-refractivity contribution < 1.29 is 13.5 Å². The number of thiol groups is 1. The minimum atomic E-state index is -2.87. The number of hydrogen-bond donors (Lipinski definition) is 2. The van der Waals surface area contributed by atoms with Gasteiger partial charge < -0.3 is 5.11 Å². The third-order valence-electron chi connectivity index (χ3n) is 1.20. The first-order valence-corrected chi connectivity index (χ1v) is 4.78. The van der Waals surface area contributed by atoms with E-state index in [1.54, 1.807) is 0 Å². The van der Waals surface area contributed by atoms with Crippen LogP contribution in [-0.2, 0) is 10.7 Å². The molecule has 0 aliphatic rings. The normalized spacial score (nSPS) is 10.6. The van der Waals surface area contributed by atoms with Gasteiger partial charge in [-0.2, -0.15) is 0 Å². The van der Waals surface area contributed by atoms with Gasteiger partial charge in [0.2, 0.25) is 0 Å². The minimum absolute atomic E-state index is 0.0725. The van der Waals surface area contributed by atoms with Gasteiger partial charge in [-0.15, -0.1) is 0 Å². The summed E-state index contributed by atoms with van der Waals surface area (Å²) in [7, 11) is -2.87. The average molecular weight is 227 g/mol. The SMILES string of the molecule is O=[SH](=O)c1cc(Cl)cc(Cl)c1O. The summed E-state index contributed by atoms with van der Waals surface area (Å²) in [5.74, 6) is -0.461. The standard InChI is InChI=1S/C6H4Cl2O3S/c7-3-1-4(8)6(9)5(2-3)12(10)11/h1-2,9,12H. The number of hydrogen-bond acceptors (Lipinski definition) is 3. The van der Waals surface area contributed by atoms with Crippen molar-refractivity contribution in [1.29, 1.82) is 0 Å². The molecular weight excluding hydrogens is 223 g/mol. The molecule has 66 valence electrons. The van der Waals surface area contributed by atoms with Crippen molar-refractivity contribution >= 4 is 33.9 Å². The Morgan fingerprint density at radius 1 is 1.25 bits per heavy atom. The van der Waals surface area contributed by atoms with E-state index in [9.17, 15) is 8.42 Å². The van der Waals surface area contributed by atoms with Crippen molar-refractivity contribution in [2.75, 3.05) is 0 Å². The first kappa shape index (κ1) is 9.64. The largest absolute Gasteiger partial charge is 0.505 e. The fourth-order valence-electron chi connectivity index (χ4n) is 0.692. The van der Waals surface area contributed by atoms with Gasteiger partial charge in [0.25, 0.3) is 0 Å². The van der Waals surface area contributed by atoms with Gasteiger partial charge in [0, 0.05) is 5.02 Å². The summed E-state index contributed by atoms with van der Waals surface area (Å²) in [5, 5.41) is 9.22. The zero-order chi connectivity index (χ0) is 9.30. The second kappa shape index (κ2) is 3.51. The maximum Gasteiger partial charge on any atom is 0.172 e. The lowest BCUT2D eigenvalue weighted by atomic mass is 10.3. The first-order valence-electron chi connectivity index (χ1n) is 2.85. The lowest BCUT2D eigenvalue weighted by Crippen LogP contribution is -1.82. The van der Waals surface area contributed by atoms with Crippen LogP contribution in [0.1, 0.15) is 0 Å². The molecule has 0 heterocycles. The van der Waals surface area contributed by atoms with Crippen LogP contribution >= 0.6 is 23.2 Å². The smallest absolute Gasteiger partial charge is 0.172 e. The highest BCUT2D eigenvalue weighted by atomic mass is 35.5. The molecule has 1 rings (SSSR count). The molecule has 6 heteroatoms. The summed E-state index contributed by atoms with van der Waals surface area (Å²) >= 11 is 11.0. The maximum absolute atomic E-state index is 10.5. The Hall–Kier alpha value is -0.450. The van der Waals surface area contributed by atoms with Crippen LogP contribution in [0.2, 0.25) is 10.0 Å². The van der Waals surface area contributed by atoms with Crippen molar-refractivity contribution in [2.45, 2.75) is 4.90 Å². The van der Waals surface area contributed by atoms with E-state index in [1.165, 1.54) is 6.07 Å². The van der Waals surface area contributed by atoms with E-state index in [4.69, 9.17) is 28.3 Å². The maximum atomic E-state index is 10.5. The third kappa shape index (κ3) is 1.83. The Labute approximate surface area is 80.5 Å². The Morgan fingerprint density at radius 2 is 1.83 bits per heavy atom. The van der Waals surface area contributed by atoms with E-state index in [1.807, 2.05) is 0 Å². The van der Waals surface area contributed by atoms with Crippen LogP contribution in [-0.4, -0.2) is 13.5 Å². The second-order valence-corrected chi connectivity index (χ2v) is 3.85. The van der Waals surface area contributed by atoms with Gasteiger partial charge in [-0.25, -0.2) is 8.42 Å². The summed E-state index contributed by atoms with van der Waals surface area (Å²) in [4.78, 5) is -0.262. The summed E-state index contributed by atoms with van der Waals surface area (Å²) < 4.78 is 21.0. The highest BCUT2D eigenvalue weighted by Crippen LogP contribution is 2.31. The summed E-state index contributed by atoms with van der Waals surface area (Å²) in [6.45, 7) is 0. The predicted molar refractivity (Wildman–Crippen MR) is 46.7 cm³/mol. The molecule has 1 N–H and O–H groups in total. The number of phenols is 1. The highest BCUT2D eigenvalue weighted by Gasteiger charge is 2.09. The van der Waals surface area contributed by atoms with Gasteiger partial charge in [0.15, 0.2) is 16.5 Å². The Balaban J connectivity index is 3.48. The van der Waals surface area contributed by atoms with Crippen LogP contribution in [0.4, 0.5) is 0 Å². The van der Waals surface area contributed by atoms with E-state index in [-0.39, 0.29) is 14.9 Å². The molecular formula is C6H4Cl2O3S. The van der Waals surface area contributed by atoms with E-state index in [0.29, 0.717) is 0 Å². The lowest BCUT2D eigenvalue weighted by molar-refractivity contribution is 0.460. The van der Waals surface area contributed by atoms with Gasteiger partial charge in [-0.05, 0) is 12.1 Å². The van der Waals surface area contributed by atoms with Crippen LogP contribution < -0.4 is 0 Å². The Kier molecular flexibility index (Phi) is 2.82. The number of halogens is 2. The summed E-state index contributed by atoms with van der Waals surface area (Å²) in [5.41, 5.74) is 0. The molecule has 0 aliphatic carbocycles. The molecule has 0 aromatic heterocycles. The van der Waals surface area contributed by atoms with Crippen LogP contribution in [0.25, 0.3) is 0 Å². The van der Waals surface area contributed by atoms with Crippen LogP contribution in [0.5, 0.6) is 5.75 Å². The Morgan fingerprint density at radius 3 is 2.33 bits per heavy atom. The average Bonchev–Trinajstić information content (AvgIpc) is 1.96. The number of phenolic OH excluding ortho intramolecular Hbond substituents is 1. The van der Waals surface area contributed by atoms with E-state index in [0.717, 1.165) is 6.07 Å². The number of aromatic hydroxyl groups is 1. The zero-order valence-corrected chi connectivity index (χ0v) is 8.03. The van der Waals surface area contributed by atoms with Gasteiger partial charge in [0.05, 0.1) is 5.02 Å². The molecule has 0 bridgehead atoms. The van der Waals surface area contributed by atoms with Crippen LogP contribution in [0.3, 0.4) is 0 Å². The first-order chi connectivity index (χ1) is 5.52. The second-order valence-electron chi connectivity index (χ2n) is 2.01. The molecule has 0 saturated heterocycles. The summed E-state index contributed by atoms with van der Waals surface area (Å²) in [6, 6.07) is 2.40. The fourth-order valence-corrected chi connectivity index (χ4v) is 1.86. The monoisotopic (exact) mass is 226 g/mol. The predicted octanol–water partition coefficient (Wildman–Crippen LogP) is 1.67. The van der Waals surface area contributed by atoms with Crippen molar-refractivity contribution in [3.8, 4) is 5.75 Å². The van der Waals surface area contributed by atoms with Crippen LogP contribution in [0.15, 0.2) is 17.0 Å². The van der Waals surface area contributed by atoms with Crippen molar-refractivity contribution in [2.24, 2.45) is 0 Å². The van der Waals surface area contributed by atoms with E-state index in [2.05, 4.69) is 0 Å². The van der Waals surface area contributed by atoms with Gasteiger partial charge >= 0.3 is 0 Å². The molecule has 0 atom stereocenters. The molecule has 0 fully saturated rings. The minimum Gasteiger partial charge on any atom is -0.505 e. The molecule has 0 unspecified atom stereocenters. The van der Waals surface area contributed by atoms with Crippen LogP contribution in [0, 0.1) is 0 Å². The molecule has 0 radical (unpaired) electrons. The molecule has 12 heavy (non-hydrogen) atoms. The molecule has 0 spiro atoms. The molecule has 0 saturated carbocycles. The Bertz CT molecular complexity index is 379. The number of benzene rings is 1. The van der Waals surface area contributed by atoms with Gasteiger partial charge in [-0.3, -0.25) is 0 Å². The number of rotatable bonds is 1. The summed E-state index contributed by atoms with van der Waals surface area (Å²) in [6.07, 6.45) is 0. The molecule has 1 aromatic carbocycles. The zero-order valence-electron chi connectivity index (χ0n) is 5.62.